The van der Waals surface area contributed by atoms with E-state index in [1.165, 1.54) is 6.92 Å². The van der Waals surface area contributed by atoms with Crippen LogP contribution in [0.3, 0.4) is 0 Å². The summed E-state index contributed by atoms with van der Waals surface area (Å²) in [6.07, 6.45) is 0.125. The number of nitrogens with one attached hydrogen (secondary N) is 1. The molecule has 0 aromatic heterocycles. The van der Waals surface area contributed by atoms with Crippen molar-refractivity contribution in [2.45, 2.75) is 13.3 Å². The van der Waals surface area contributed by atoms with Gasteiger partial charge in [-0.2, -0.15) is 0 Å². The highest BCUT2D eigenvalue weighted by molar-refractivity contribution is 6.38. The molecule has 62 valence electrons. The van der Waals surface area contributed by atoms with Gasteiger partial charge >= 0.3 is 11.9 Å². The molecule has 0 aliphatic rings. The van der Waals surface area contributed by atoms with Crippen LogP contribution in [0.4, 0.5) is 0 Å². The average molecular weight is 159 g/mol. The zero-order valence-corrected chi connectivity index (χ0v) is 6.00. The fourth-order valence-electron chi connectivity index (χ4n) is 0.651. The van der Waals surface area contributed by atoms with Gasteiger partial charge < -0.3 is 10.2 Å². The Morgan fingerprint density at radius 2 is 1.91 bits per heavy atom. The summed E-state index contributed by atoms with van der Waals surface area (Å²) in [6.45, 7) is 1.52. The van der Waals surface area contributed by atoms with Crippen molar-refractivity contribution >= 4 is 17.7 Å². The highest BCUT2D eigenvalue weighted by atomic mass is 16.4. The Bertz CT molecular complexity index is 199. The second kappa shape index (κ2) is 3.70. The summed E-state index contributed by atoms with van der Waals surface area (Å²) in [5.74, 6) is -3.92. The van der Waals surface area contributed by atoms with E-state index in [0.717, 1.165) is 0 Å². The predicted molar refractivity (Wildman–Crippen MR) is 36.8 cm³/mol. The molecular weight excluding hydrogens is 150 g/mol. The van der Waals surface area contributed by atoms with Gasteiger partial charge in [0.1, 0.15) is 11.6 Å². The Kier molecular flexibility index (Phi) is 3.23. The zero-order valence-electron chi connectivity index (χ0n) is 6.00. The molecule has 0 saturated heterocycles. The van der Waals surface area contributed by atoms with Crippen LogP contribution in [-0.2, 0) is 9.59 Å². The molecule has 0 heterocycles. The molecule has 5 nitrogen and oxygen atoms in total. The molecule has 11 heavy (non-hydrogen) atoms. The van der Waals surface area contributed by atoms with Gasteiger partial charge in [0, 0.05) is 0 Å². The molecule has 1 unspecified atom stereocenters. The fourth-order valence-corrected chi connectivity index (χ4v) is 0.651. The predicted octanol–water partition coefficient (Wildman–Crippen LogP) is 0.202. The summed E-state index contributed by atoms with van der Waals surface area (Å²) in [7, 11) is 0. The molecule has 3 N–H and O–H groups in total. The smallest absolute Gasteiger partial charge is 0.350 e. The number of carboxylic acids is 2. The van der Waals surface area contributed by atoms with Gasteiger partial charge in [0.05, 0.1) is 0 Å². The van der Waals surface area contributed by atoms with E-state index in [9.17, 15) is 9.59 Å². The van der Waals surface area contributed by atoms with Crippen LogP contribution in [0.2, 0.25) is 0 Å². The first-order valence-electron chi connectivity index (χ1n) is 3.05. The molecule has 0 amide bonds. The summed E-state index contributed by atoms with van der Waals surface area (Å²) in [5.41, 5.74) is -0.764. The lowest BCUT2D eigenvalue weighted by molar-refractivity contribution is -0.141. The van der Waals surface area contributed by atoms with E-state index in [-0.39, 0.29) is 6.42 Å². The maximum atomic E-state index is 10.3. The highest BCUT2D eigenvalue weighted by Gasteiger charge is 2.25. The molecule has 1 atom stereocenters. The van der Waals surface area contributed by atoms with Crippen molar-refractivity contribution in [3.8, 4) is 0 Å². The van der Waals surface area contributed by atoms with Crippen LogP contribution in [0.15, 0.2) is 0 Å². The summed E-state index contributed by atoms with van der Waals surface area (Å²) < 4.78 is 0. The van der Waals surface area contributed by atoms with Crippen molar-refractivity contribution in [3.63, 3.8) is 0 Å². The van der Waals surface area contributed by atoms with Gasteiger partial charge in [0.2, 0.25) is 0 Å². The van der Waals surface area contributed by atoms with Gasteiger partial charge in [-0.3, -0.25) is 10.2 Å². The molecule has 0 bridgehead atoms. The van der Waals surface area contributed by atoms with Crippen LogP contribution in [0.1, 0.15) is 13.3 Å². The molecule has 0 aromatic carbocycles. The normalized spacial score (nSPS) is 12.1. The van der Waals surface area contributed by atoms with E-state index in [1.807, 2.05) is 0 Å². The summed E-state index contributed by atoms with van der Waals surface area (Å²) >= 11 is 0. The van der Waals surface area contributed by atoms with E-state index in [2.05, 4.69) is 0 Å². The maximum Gasteiger partial charge on any atom is 0.350 e. The van der Waals surface area contributed by atoms with Crippen molar-refractivity contribution in [1.29, 1.82) is 5.41 Å². The van der Waals surface area contributed by atoms with Gasteiger partial charge in [-0.15, -0.1) is 0 Å². The first-order valence-corrected chi connectivity index (χ1v) is 3.05. The Balaban J connectivity index is 4.39. The minimum Gasteiger partial charge on any atom is -0.481 e. The first kappa shape index (κ1) is 9.61. The van der Waals surface area contributed by atoms with Gasteiger partial charge in [-0.1, -0.05) is 6.92 Å². The monoisotopic (exact) mass is 159 g/mol. The minimum absolute atomic E-state index is 0.125. The number of aliphatic carboxylic acids is 2. The molecule has 5 heteroatoms. The summed E-state index contributed by atoms with van der Waals surface area (Å²) in [6, 6.07) is 0. The molecule has 0 fully saturated rings. The molecule has 0 radical (unpaired) electrons. The topological polar surface area (TPSA) is 98.5 Å². The molecular formula is C6H9NO4. The summed E-state index contributed by atoms with van der Waals surface area (Å²) in [5, 5.41) is 23.5. The lowest BCUT2D eigenvalue weighted by Crippen LogP contribution is -2.28. The van der Waals surface area contributed by atoms with E-state index in [1.54, 1.807) is 0 Å². The van der Waals surface area contributed by atoms with Crippen molar-refractivity contribution in [3.05, 3.63) is 0 Å². The molecule has 0 aromatic rings. The van der Waals surface area contributed by atoms with E-state index >= 15 is 0 Å². The largest absolute Gasteiger partial charge is 0.481 e. The van der Waals surface area contributed by atoms with E-state index in [0.29, 0.717) is 0 Å². The van der Waals surface area contributed by atoms with Crippen molar-refractivity contribution in [2.24, 2.45) is 5.92 Å². The van der Waals surface area contributed by atoms with Crippen LogP contribution in [0.25, 0.3) is 0 Å². The van der Waals surface area contributed by atoms with Crippen molar-refractivity contribution in [2.75, 3.05) is 0 Å². The Morgan fingerprint density at radius 3 is 2.00 bits per heavy atom. The van der Waals surface area contributed by atoms with Crippen LogP contribution in [0.5, 0.6) is 0 Å². The van der Waals surface area contributed by atoms with Gasteiger partial charge in [0.15, 0.2) is 0 Å². The van der Waals surface area contributed by atoms with Crippen molar-refractivity contribution in [1.82, 2.24) is 0 Å². The number of hydrogen-bond donors (Lipinski definition) is 3. The molecule has 0 aliphatic heterocycles. The van der Waals surface area contributed by atoms with Crippen LogP contribution in [0, 0.1) is 11.3 Å². The number of hydrogen-bond acceptors (Lipinski definition) is 3. The van der Waals surface area contributed by atoms with Crippen LogP contribution >= 0.6 is 0 Å². The highest BCUT2D eigenvalue weighted by Crippen LogP contribution is 2.04. The van der Waals surface area contributed by atoms with Gasteiger partial charge in [0.25, 0.3) is 0 Å². The van der Waals surface area contributed by atoms with Crippen LogP contribution in [-0.4, -0.2) is 27.9 Å². The lowest BCUT2D eigenvalue weighted by atomic mass is 10.0. The van der Waals surface area contributed by atoms with Gasteiger partial charge in [-0.05, 0) is 6.42 Å². The number of rotatable bonds is 4. The van der Waals surface area contributed by atoms with E-state index < -0.39 is 23.6 Å². The number of carboxylic acid groups (broad SMARTS) is 2. The Labute approximate surface area is 63.2 Å². The Hall–Kier alpha value is -1.39. The third kappa shape index (κ3) is 2.37. The quantitative estimate of drug-likeness (QED) is 0.510. The number of carbonyl (C=O) groups is 2. The van der Waals surface area contributed by atoms with Crippen LogP contribution < -0.4 is 0 Å². The molecule has 0 rings (SSSR count). The minimum atomic E-state index is -1.47. The van der Waals surface area contributed by atoms with Crippen molar-refractivity contribution < 1.29 is 19.8 Å². The van der Waals surface area contributed by atoms with Gasteiger partial charge in [-0.25, -0.2) is 4.79 Å². The average Bonchev–Trinajstić information content (AvgIpc) is 1.88. The SMILES string of the molecule is CCC(C(=N)C(=O)O)C(=O)O. The Morgan fingerprint density at radius 1 is 1.45 bits per heavy atom. The third-order valence-electron chi connectivity index (χ3n) is 1.29. The third-order valence-corrected chi connectivity index (χ3v) is 1.29. The second-order valence-corrected chi connectivity index (χ2v) is 2.02. The maximum absolute atomic E-state index is 10.3. The molecule has 0 spiro atoms. The first-order chi connectivity index (χ1) is 5.00. The lowest BCUT2D eigenvalue weighted by Gasteiger charge is -2.05. The summed E-state index contributed by atoms with van der Waals surface area (Å²) in [4.78, 5) is 20.4. The standard InChI is InChI=1S/C6H9NO4/c1-2-3(5(8)9)4(7)6(10)11/h3,7H,2H2,1H3,(H,8,9)(H,10,11). The van der Waals surface area contributed by atoms with E-state index in [4.69, 9.17) is 15.6 Å². The molecule has 0 aliphatic carbocycles. The fraction of sp³-hybridized carbons (Fsp3) is 0.500. The zero-order chi connectivity index (χ0) is 9.02. The second-order valence-electron chi connectivity index (χ2n) is 2.02. The molecule has 0 saturated carbocycles.